The summed E-state index contributed by atoms with van der Waals surface area (Å²) in [5, 5.41) is 6.79. The van der Waals surface area contributed by atoms with Gasteiger partial charge in [0.1, 0.15) is 5.82 Å². The molecule has 0 aliphatic heterocycles. The Morgan fingerprint density at radius 1 is 0.708 bits per heavy atom. The minimum atomic E-state index is -0.226. The molecule has 0 amide bonds. The van der Waals surface area contributed by atoms with Crippen LogP contribution in [0.5, 0.6) is 0 Å². The number of anilines is 2. The predicted octanol–water partition coefficient (Wildman–Crippen LogP) is 4.80. The maximum Gasteiger partial charge on any atom is 0.279 e. The van der Waals surface area contributed by atoms with Crippen molar-refractivity contribution >= 4 is 33.1 Å². The van der Waals surface area contributed by atoms with Crippen LogP contribution in [0.4, 0.5) is 11.5 Å². The summed E-state index contributed by atoms with van der Waals surface area (Å²) in [6.07, 6.45) is 0. The van der Waals surface area contributed by atoms with Crippen molar-refractivity contribution in [3.8, 4) is 0 Å². The minimum absolute atomic E-state index is 0.226. The molecular weight excluding hydrogens is 296 g/mol. The standard InChI is InChI=1S/C21H16N2O/c1-14-10-12-15(13-11-14)22-20-18-8-4-2-6-16(18)17-7-3-5-9-19(17)21(24)23-20/h2-13H,1H3,(H,22,23,24). The number of aromatic nitrogens is 1. The molecule has 3 nitrogen and oxygen atoms in total. The third-order valence-electron chi connectivity index (χ3n) is 4.16. The van der Waals surface area contributed by atoms with Gasteiger partial charge in [-0.05, 0) is 35.9 Å². The van der Waals surface area contributed by atoms with Crippen molar-refractivity contribution in [1.82, 2.24) is 4.98 Å². The smallest absolute Gasteiger partial charge is 0.279 e. The van der Waals surface area contributed by atoms with Crippen molar-refractivity contribution in [3.05, 3.63) is 88.7 Å². The van der Waals surface area contributed by atoms with Gasteiger partial charge in [-0.25, -0.2) is 0 Å². The summed E-state index contributed by atoms with van der Waals surface area (Å²) in [6, 6.07) is 23.6. The lowest BCUT2D eigenvalue weighted by molar-refractivity contribution is 1.29. The van der Waals surface area contributed by atoms with Crippen molar-refractivity contribution < 1.29 is 0 Å². The maximum atomic E-state index is 12.6. The first-order valence-electron chi connectivity index (χ1n) is 7.88. The molecule has 0 aliphatic carbocycles. The molecule has 0 spiro atoms. The molecule has 1 heterocycles. The average Bonchev–Trinajstić information content (AvgIpc) is 2.73. The number of benzene rings is 3. The lowest BCUT2D eigenvalue weighted by Crippen LogP contribution is -2.04. The summed E-state index contributed by atoms with van der Waals surface area (Å²) >= 11 is 0. The van der Waals surface area contributed by atoms with Crippen LogP contribution in [0.2, 0.25) is 0 Å². The molecule has 0 unspecified atom stereocenters. The first kappa shape index (κ1) is 14.4. The second-order valence-electron chi connectivity index (χ2n) is 5.85. The van der Waals surface area contributed by atoms with E-state index in [0.29, 0.717) is 11.2 Å². The second kappa shape index (κ2) is 5.78. The van der Waals surface area contributed by atoms with E-state index in [9.17, 15) is 4.79 Å². The van der Waals surface area contributed by atoms with E-state index in [1.807, 2.05) is 79.7 Å². The van der Waals surface area contributed by atoms with Crippen molar-refractivity contribution in [2.24, 2.45) is 0 Å². The Balaban J connectivity index is 2.04. The van der Waals surface area contributed by atoms with E-state index in [-0.39, 0.29) is 5.56 Å². The van der Waals surface area contributed by atoms with Gasteiger partial charge in [0.2, 0.25) is 0 Å². The highest BCUT2D eigenvalue weighted by Gasteiger charge is 2.08. The lowest BCUT2D eigenvalue weighted by atomic mass is 10.1. The predicted molar refractivity (Wildman–Crippen MR) is 100.0 cm³/mol. The molecular formula is C21H16N2O. The highest BCUT2D eigenvalue weighted by molar-refractivity contribution is 6.09. The van der Waals surface area contributed by atoms with E-state index in [4.69, 9.17) is 0 Å². The third kappa shape index (κ3) is 2.50. The van der Waals surface area contributed by atoms with Crippen LogP contribution in [-0.2, 0) is 0 Å². The molecule has 1 N–H and O–H groups in total. The van der Waals surface area contributed by atoms with E-state index < -0.39 is 0 Å². The molecule has 24 heavy (non-hydrogen) atoms. The zero-order valence-electron chi connectivity index (χ0n) is 13.3. The van der Waals surface area contributed by atoms with Crippen molar-refractivity contribution in [1.29, 1.82) is 0 Å². The Hall–Kier alpha value is -3.20. The number of nitrogens with zero attached hydrogens (tertiary/aromatic N) is 1. The van der Waals surface area contributed by atoms with Crippen molar-refractivity contribution in [2.45, 2.75) is 6.92 Å². The fraction of sp³-hybridized carbons (Fsp3) is 0.0476. The van der Waals surface area contributed by atoms with Crippen LogP contribution in [0.3, 0.4) is 0 Å². The molecule has 0 saturated carbocycles. The molecule has 0 bridgehead atoms. The monoisotopic (exact) mass is 312 g/mol. The maximum absolute atomic E-state index is 12.6. The van der Waals surface area contributed by atoms with Gasteiger partial charge in [-0.2, -0.15) is 4.98 Å². The van der Waals surface area contributed by atoms with Gasteiger partial charge in [0.15, 0.2) is 0 Å². The second-order valence-corrected chi connectivity index (χ2v) is 5.85. The van der Waals surface area contributed by atoms with Gasteiger partial charge in [0.25, 0.3) is 5.56 Å². The van der Waals surface area contributed by atoms with Gasteiger partial charge >= 0.3 is 0 Å². The topological polar surface area (TPSA) is 42.0 Å². The van der Waals surface area contributed by atoms with Gasteiger partial charge < -0.3 is 5.32 Å². The summed E-state index contributed by atoms with van der Waals surface area (Å²) in [7, 11) is 0. The fourth-order valence-electron chi connectivity index (χ4n) is 2.92. The Bertz CT molecular complexity index is 1100. The van der Waals surface area contributed by atoms with Crippen LogP contribution < -0.4 is 10.9 Å². The number of fused-ring (bicyclic) bond motifs is 3. The van der Waals surface area contributed by atoms with Crippen LogP contribution in [0.15, 0.2) is 77.6 Å². The Morgan fingerprint density at radius 2 is 1.25 bits per heavy atom. The Kier molecular flexibility index (Phi) is 3.47. The first-order valence-corrected chi connectivity index (χ1v) is 7.88. The number of rotatable bonds is 2. The van der Waals surface area contributed by atoms with Crippen LogP contribution in [0.1, 0.15) is 5.56 Å². The molecule has 0 fully saturated rings. The van der Waals surface area contributed by atoms with Crippen LogP contribution in [0, 0.1) is 6.92 Å². The van der Waals surface area contributed by atoms with Crippen LogP contribution in [-0.4, -0.2) is 4.98 Å². The lowest BCUT2D eigenvalue weighted by Gasteiger charge is -2.06. The zero-order valence-corrected chi connectivity index (χ0v) is 13.3. The van der Waals surface area contributed by atoms with Gasteiger partial charge in [-0.15, -0.1) is 0 Å². The molecule has 3 heteroatoms. The van der Waals surface area contributed by atoms with E-state index >= 15 is 0 Å². The SMILES string of the molecule is Cc1ccc(Nc2nc(=O)c3ccccc3c3ccccc23)cc1. The van der Waals surface area contributed by atoms with E-state index in [1.54, 1.807) is 0 Å². The molecule has 0 saturated heterocycles. The molecule has 1 aromatic heterocycles. The molecule has 0 radical (unpaired) electrons. The molecule has 0 aliphatic rings. The van der Waals surface area contributed by atoms with E-state index in [2.05, 4.69) is 10.3 Å². The third-order valence-corrected chi connectivity index (χ3v) is 4.16. The van der Waals surface area contributed by atoms with Crippen LogP contribution >= 0.6 is 0 Å². The first-order chi connectivity index (χ1) is 11.7. The molecule has 0 atom stereocenters. The average molecular weight is 312 g/mol. The Labute approximate surface area is 139 Å². The molecule has 3 aromatic carbocycles. The molecule has 4 rings (SSSR count). The quantitative estimate of drug-likeness (QED) is 0.578. The number of nitrogens with one attached hydrogen (secondary N) is 1. The zero-order chi connectivity index (χ0) is 16.5. The Morgan fingerprint density at radius 3 is 1.92 bits per heavy atom. The highest BCUT2D eigenvalue weighted by atomic mass is 16.1. The minimum Gasteiger partial charge on any atom is -0.340 e. The number of hydrogen-bond acceptors (Lipinski definition) is 3. The van der Waals surface area contributed by atoms with E-state index in [1.165, 1.54) is 5.56 Å². The summed E-state index contributed by atoms with van der Waals surface area (Å²) in [4.78, 5) is 16.9. The molecule has 4 aromatic rings. The van der Waals surface area contributed by atoms with Gasteiger partial charge in [-0.3, -0.25) is 4.79 Å². The molecule has 116 valence electrons. The van der Waals surface area contributed by atoms with Crippen molar-refractivity contribution in [2.75, 3.05) is 5.32 Å². The van der Waals surface area contributed by atoms with Gasteiger partial charge in [0.05, 0.1) is 0 Å². The highest BCUT2D eigenvalue weighted by Crippen LogP contribution is 2.27. The summed E-state index contributed by atoms with van der Waals surface area (Å²) in [5.41, 5.74) is 1.87. The van der Waals surface area contributed by atoms with Gasteiger partial charge in [-0.1, -0.05) is 60.2 Å². The fourth-order valence-corrected chi connectivity index (χ4v) is 2.92. The summed E-state index contributed by atoms with van der Waals surface area (Å²) in [5.74, 6) is 0.579. The number of aryl methyl sites for hydroxylation is 1. The summed E-state index contributed by atoms with van der Waals surface area (Å²) in [6.45, 7) is 2.04. The largest absolute Gasteiger partial charge is 0.340 e. The van der Waals surface area contributed by atoms with Crippen LogP contribution in [0.25, 0.3) is 21.5 Å². The summed E-state index contributed by atoms with van der Waals surface area (Å²) < 4.78 is 0. The number of hydrogen-bond donors (Lipinski definition) is 1. The van der Waals surface area contributed by atoms with Crippen molar-refractivity contribution in [3.63, 3.8) is 0 Å². The normalized spacial score (nSPS) is 10.9. The van der Waals surface area contributed by atoms with Gasteiger partial charge in [0, 0.05) is 16.5 Å². The van der Waals surface area contributed by atoms with E-state index in [0.717, 1.165) is 21.8 Å².